The first-order chi connectivity index (χ1) is 14.2. The lowest BCUT2D eigenvalue weighted by molar-refractivity contribution is -0.141. The number of carbonyl (C=O) groups is 4. The second-order valence-electron chi connectivity index (χ2n) is 7.09. The van der Waals surface area contributed by atoms with Gasteiger partial charge < -0.3 is 30.9 Å². The summed E-state index contributed by atoms with van der Waals surface area (Å²) in [5.74, 6) is -2.56. The van der Waals surface area contributed by atoms with Crippen molar-refractivity contribution >= 4 is 24.2 Å². The first-order valence-corrected chi connectivity index (χ1v) is 9.33. The predicted octanol–water partition coefficient (Wildman–Crippen LogP) is -1.01. The van der Waals surface area contributed by atoms with E-state index in [9.17, 15) is 29.0 Å². The molecule has 1 saturated heterocycles. The van der Waals surface area contributed by atoms with Crippen LogP contribution in [0.2, 0.25) is 0 Å². The van der Waals surface area contributed by atoms with Crippen molar-refractivity contribution in [2.24, 2.45) is 5.92 Å². The number of hydrogen-bond donors (Lipinski definition) is 5. The van der Waals surface area contributed by atoms with Gasteiger partial charge in [0.2, 0.25) is 17.7 Å². The van der Waals surface area contributed by atoms with Crippen LogP contribution >= 0.6 is 0 Å². The van der Waals surface area contributed by atoms with Gasteiger partial charge in [0.05, 0.1) is 25.1 Å². The van der Waals surface area contributed by atoms with Crippen molar-refractivity contribution in [2.45, 2.75) is 31.4 Å². The summed E-state index contributed by atoms with van der Waals surface area (Å²) in [5, 5.41) is 31.6. The molecule has 1 aromatic rings. The van der Waals surface area contributed by atoms with Crippen molar-refractivity contribution in [1.29, 1.82) is 0 Å². The number of aliphatic hydroxyl groups is 1. The highest BCUT2D eigenvalue weighted by Gasteiger charge is 2.40. The Morgan fingerprint density at radius 2 is 2.03 bits per heavy atom. The number of carbonyl (C=O) groups excluding carboxylic acids is 3. The molecule has 3 amide bonds. The van der Waals surface area contributed by atoms with Gasteiger partial charge in [0.25, 0.3) is 6.47 Å². The van der Waals surface area contributed by atoms with Gasteiger partial charge in [0.1, 0.15) is 0 Å². The Labute approximate surface area is 171 Å². The fourth-order valence-corrected chi connectivity index (χ4v) is 3.56. The number of phenolic OH excluding ortho intramolecular Hbond substituents is 1. The lowest BCUT2D eigenvalue weighted by Crippen LogP contribution is -2.51. The quantitative estimate of drug-likeness (QED) is 0.387. The van der Waals surface area contributed by atoms with Gasteiger partial charge in [-0.3, -0.25) is 19.2 Å². The number of piperazine rings is 1. The fourth-order valence-electron chi connectivity index (χ4n) is 3.56. The highest BCUT2D eigenvalue weighted by atomic mass is 19.1. The van der Waals surface area contributed by atoms with Crippen LogP contribution in [-0.2, 0) is 25.6 Å². The van der Waals surface area contributed by atoms with Crippen molar-refractivity contribution in [3.8, 4) is 5.75 Å². The van der Waals surface area contributed by atoms with Crippen molar-refractivity contribution < 1.29 is 38.9 Å². The smallest absolute Gasteiger partial charge is 0.290 e. The molecule has 1 aromatic carbocycles. The first kappa shape index (κ1) is 23.1. The van der Waals surface area contributed by atoms with Crippen molar-refractivity contribution in [3.63, 3.8) is 0 Å². The van der Waals surface area contributed by atoms with Crippen LogP contribution < -0.4 is 10.6 Å². The number of halogens is 1. The van der Waals surface area contributed by atoms with E-state index in [2.05, 4.69) is 10.6 Å². The van der Waals surface area contributed by atoms with E-state index in [1.165, 1.54) is 17.0 Å². The number of nitrogens with one attached hydrogen (secondary N) is 2. The summed E-state index contributed by atoms with van der Waals surface area (Å²) in [4.78, 5) is 46.0. The maximum Gasteiger partial charge on any atom is 0.290 e. The van der Waals surface area contributed by atoms with Gasteiger partial charge in [0.15, 0.2) is 11.6 Å². The maximum absolute atomic E-state index is 13.3. The Hall–Kier alpha value is -3.21. The maximum atomic E-state index is 13.3. The zero-order chi connectivity index (χ0) is 22.3. The summed E-state index contributed by atoms with van der Waals surface area (Å²) < 4.78 is 13.3. The molecular formula is C19H24FN3O7. The highest BCUT2D eigenvalue weighted by Crippen LogP contribution is 2.28. The monoisotopic (exact) mass is 425 g/mol. The molecule has 30 heavy (non-hydrogen) atoms. The Kier molecular flexibility index (Phi) is 8.10. The van der Waals surface area contributed by atoms with E-state index in [0.29, 0.717) is 18.7 Å². The van der Waals surface area contributed by atoms with Gasteiger partial charge in [-0.2, -0.15) is 0 Å². The molecule has 0 spiro atoms. The van der Waals surface area contributed by atoms with E-state index in [4.69, 9.17) is 9.90 Å². The number of aromatic hydroxyl groups is 1. The molecule has 0 aromatic heterocycles. The number of carboxylic acid groups (broad SMARTS) is 1. The molecule has 164 valence electrons. The van der Waals surface area contributed by atoms with Crippen molar-refractivity contribution in [2.75, 3.05) is 19.6 Å². The Balaban J connectivity index is 0.00000101. The summed E-state index contributed by atoms with van der Waals surface area (Å²) in [6.07, 6.45) is -0.465. The van der Waals surface area contributed by atoms with E-state index < -0.39 is 35.5 Å². The molecule has 0 unspecified atom stereocenters. The van der Waals surface area contributed by atoms with Gasteiger partial charge in [-0.05, 0) is 30.5 Å². The second kappa shape index (κ2) is 10.5. The summed E-state index contributed by atoms with van der Waals surface area (Å²) in [6.45, 7) is 0.596. The number of phenols is 1. The SMILES string of the molecule is O=C1CN(C(=O)[C@@H]2C[C@@H](O)[C@H](NC(=O)Cc3ccc(O)c(F)c3)C2)CCN1.O=CO. The van der Waals surface area contributed by atoms with E-state index in [-0.39, 0.29) is 44.1 Å². The van der Waals surface area contributed by atoms with Crippen LogP contribution in [0.1, 0.15) is 18.4 Å². The third-order valence-electron chi connectivity index (χ3n) is 4.95. The Morgan fingerprint density at radius 3 is 2.67 bits per heavy atom. The molecule has 1 heterocycles. The summed E-state index contributed by atoms with van der Waals surface area (Å²) in [7, 11) is 0. The zero-order valence-corrected chi connectivity index (χ0v) is 16.1. The number of hydrogen-bond acceptors (Lipinski definition) is 6. The van der Waals surface area contributed by atoms with Crippen LogP contribution in [0.4, 0.5) is 4.39 Å². The summed E-state index contributed by atoms with van der Waals surface area (Å²) >= 11 is 0. The fraction of sp³-hybridized carbons (Fsp3) is 0.474. The Bertz CT molecular complexity index is 804. The second-order valence-corrected chi connectivity index (χ2v) is 7.09. The van der Waals surface area contributed by atoms with E-state index in [1.54, 1.807) is 0 Å². The molecule has 10 nitrogen and oxygen atoms in total. The van der Waals surface area contributed by atoms with Gasteiger partial charge in [-0.25, -0.2) is 4.39 Å². The van der Waals surface area contributed by atoms with Crippen LogP contribution in [-0.4, -0.2) is 76.2 Å². The number of rotatable bonds is 4. The molecule has 3 rings (SSSR count). The molecule has 5 N–H and O–H groups in total. The van der Waals surface area contributed by atoms with Gasteiger partial charge in [-0.15, -0.1) is 0 Å². The van der Waals surface area contributed by atoms with E-state index >= 15 is 0 Å². The molecule has 1 saturated carbocycles. The first-order valence-electron chi connectivity index (χ1n) is 9.33. The third kappa shape index (κ3) is 6.14. The molecule has 3 atom stereocenters. The van der Waals surface area contributed by atoms with Gasteiger partial charge >= 0.3 is 0 Å². The molecule has 1 aliphatic heterocycles. The third-order valence-corrected chi connectivity index (χ3v) is 4.95. The van der Waals surface area contributed by atoms with Gasteiger partial charge in [-0.1, -0.05) is 6.07 Å². The highest BCUT2D eigenvalue weighted by molar-refractivity contribution is 5.87. The lowest BCUT2D eigenvalue weighted by atomic mass is 10.1. The van der Waals surface area contributed by atoms with Crippen LogP contribution in [0.25, 0.3) is 0 Å². The molecule has 2 fully saturated rings. The molecule has 0 radical (unpaired) electrons. The zero-order valence-electron chi connectivity index (χ0n) is 16.1. The van der Waals surface area contributed by atoms with Crippen LogP contribution in [0.15, 0.2) is 18.2 Å². The minimum atomic E-state index is -0.863. The van der Waals surface area contributed by atoms with Crippen molar-refractivity contribution in [1.82, 2.24) is 15.5 Å². The minimum Gasteiger partial charge on any atom is -0.505 e. The average Bonchev–Trinajstić information content (AvgIpc) is 3.05. The van der Waals surface area contributed by atoms with E-state index in [1.807, 2.05) is 0 Å². The number of nitrogens with zero attached hydrogens (tertiary/aromatic N) is 1. The molecule has 2 aliphatic rings. The molecular weight excluding hydrogens is 401 g/mol. The number of amides is 3. The van der Waals surface area contributed by atoms with E-state index in [0.717, 1.165) is 6.07 Å². The van der Waals surface area contributed by atoms with Gasteiger partial charge in [0, 0.05) is 19.0 Å². The largest absolute Gasteiger partial charge is 0.505 e. The topological polar surface area (TPSA) is 156 Å². The summed E-state index contributed by atoms with van der Waals surface area (Å²) in [6, 6.07) is 3.11. The lowest BCUT2D eigenvalue weighted by Gasteiger charge is -2.29. The molecule has 11 heteroatoms. The van der Waals surface area contributed by atoms with Crippen molar-refractivity contribution in [3.05, 3.63) is 29.6 Å². The standard InChI is InChI=1S/C18H22FN3O5.CH2O2/c19-12-5-10(1-2-14(12)23)6-16(25)21-13-7-11(8-15(13)24)18(27)22-4-3-20-17(26)9-22;2-1-3/h1-2,5,11,13,15,23-24H,3-4,6-9H2,(H,20,26)(H,21,25);1H,(H,2,3)/t11-,13+,15+;/m0./s1. The van der Waals surface area contributed by atoms with Crippen LogP contribution in [0.3, 0.4) is 0 Å². The Morgan fingerprint density at radius 1 is 1.33 bits per heavy atom. The average molecular weight is 425 g/mol. The predicted molar refractivity (Wildman–Crippen MR) is 101 cm³/mol. The molecule has 0 bridgehead atoms. The normalized spacial score (nSPS) is 23.1. The minimum absolute atomic E-state index is 0.00880. The number of benzene rings is 1. The van der Waals surface area contributed by atoms with Crippen LogP contribution in [0, 0.1) is 11.7 Å². The van der Waals surface area contributed by atoms with Crippen LogP contribution in [0.5, 0.6) is 5.75 Å². The molecule has 1 aliphatic carbocycles. The number of aliphatic hydroxyl groups excluding tert-OH is 1. The summed E-state index contributed by atoms with van der Waals surface area (Å²) in [5.41, 5.74) is 0.391.